The van der Waals surface area contributed by atoms with Gasteiger partial charge in [0.05, 0.1) is 23.2 Å². The van der Waals surface area contributed by atoms with Crippen LogP contribution < -0.4 is 5.32 Å². The van der Waals surface area contributed by atoms with Crippen LogP contribution in [0.15, 0.2) is 17.6 Å². The van der Waals surface area contributed by atoms with Crippen LogP contribution >= 0.6 is 11.3 Å². The molecule has 0 radical (unpaired) electrons. The zero-order valence-corrected chi connectivity index (χ0v) is 12.8. The van der Waals surface area contributed by atoms with Gasteiger partial charge in [-0.15, -0.1) is 11.3 Å². The van der Waals surface area contributed by atoms with Crippen molar-refractivity contribution in [3.8, 4) is 11.8 Å². The molecule has 0 aromatic carbocycles. The Hall–Kier alpha value is -2.10. The number of aryl methyl sites for hydroxylation is 1. The van der Waals surface area contributed by atoms with Crippen molar-refractivity contribution in [2.45, 2.75) is 19.9 Å². The summed E-state index contributed by atoms with van der Waals surface area (Å²) in [6, 6.07) is 1.76. The Morgan fingerprint density at radius 2 is 2.38 bits per heavy atom. The van der Waals surface area contributed by atoms with E-state index in [1.54, 1.807) is 22.3 Å². The first-order valence-corrected chi connectivity index (χ1v) is 7.43. The zero-order valence-electron chi connectivity index (χ0n) is 12.0. The summed E-state index contributed by atoms with van der Waals surface area (Å²) < 4.78 is 1.78. The lowest BCUT2D eigenvalue weighted by molar-refractivity contribution is 0.0951. The van der Waals surface area contributed by atoms with Crippen LogP contribution in [-0.2, 0) is 13.6 Å². The number of carbonyl (C=O) groups is 1. The van der Waals surface area contributed by atoms with Gasteiger partial charge in [0.2, 0.25) is 0 Å². The van der Waals surface area contributed by atoms with Crippen molar-refractivity contribution in [2.75, 3.05) is 6.61 Å². The molecule has 0 saturated carbocycles. The molecule has 110 valence electrons. The highest BCUT2D eigenvalue weighted by atomic mass is 32.1. The number of thiophene rings is 1. The molecular formula is C15H17N3O2S. The van der Waals surface area contributed by atoms with Gasteiger partial charge in [0.15, 0.2) is 0 Å². The van der Waals surface area contributed by atoms with Crippen LogP contribution in [0.5, 0.6) is 0 Å². The van der Waals surface area contributed by atoms with Crippen LogP contribution in [0.25, 0.3) is 0 Å². The van der Waals surface area contributed by atoms with E-state index in [9.17, 15) is 4.79 Å². The largest absolute Gasteiger partial charge is 0.395 e. The molecule has 1 amide bonds. The molecule has 6 heteroatoms. The van der Waals surface area contributed by atoms with Crippen LogP contribution in [-0.4, -0.2) is 27.4 Å². The standard InChI is InChI=1S/C15H17N3O2S/c1-11-13(9-17-18(11)2)8-16-15(20)12-7-14(21-10-12)5-3-4-6-19/h7,9-10,19H,4,6,8H2,1-2H3,(H,16,20). The number of nitrogens with zero attached hydrogens (tertiary/aromatic N) is 2. The number of rotatable bonds is 4. The predicted molar refractivity (Wildman–Crippen MR) is 82.0 cm³/mol. The highest BCUT2D eigenvalue weighted by Crippen LogP contribution is 2.14. The lowest BCUT2D eigenvalue weighted by Gasteiger charge is -2.03. The number of aliphatic hydroxyl groups excluding tert-OH is 1. The number of nitrogens with one attached hydrogen (secondary N) is 1. The maximum atomic E-state index is 12.1. The molecule has 0 bridgehead atoms. The second-order valence-corrected chi connectivity index (χ2v) is 5.45. The van der Waals surface area contributed by atoms with E-state index in [0.29, 0.717) is 18.5 Å². The number of hydrogen-bond donors (Lipinski definition) is 2. The summed E-state index contributed by atoms with van der Waals surface area (Å²) in [4.78, 5) is 12.9. The van der Waals surface area contributed by atoms with Gasteiger partial charge in [0.25, 0.3) is 5.91 Å². The fourth-order valence-electron chi connectivity index (χ4n) is 1.72. The summed E-state index contributed by atoms with van der Waals surface area (Å²) in [6.07, 6.45) is 2.20. The molecule has 2 heterocycles. The van der Waals surface area contributed by atoms with Gasteiger partial charge in [0, 0.05) is 36.7 Å². The van der Waals surface area contributed by atoms with E-state index in [1.165, 1.54) is 11.3 Å². The van der Waals surface area contributed by atoms with Crippen LogP contribution in [0, 0.1) is 18.8 Å². The Kier molecular flexibility index (Phi) is 5.14. The summed E-state index contributed by atoms with van der Waals surface area (Å²) >= 11 is 1.42. The second-order valence-electron chi connectivity index (χ2n) is 4.54. The van der Waals surface area contributed by atoms with E-state index in [2.05, 4.69) is 22.3 Å². The van der Waals surface area contributed by atoms with E-state index >= 15 is 0 Å². The average Bonchev–Trinajstić information content (AvgIpc) is 3.06. The smallest absolute Gasteiger partial charge is 0.252 e. The van der Waals surface area contributed by atoms with Crippen molar-refractivity contribution in [2.24, 2.45) is 7.05 Å². The quantitative estimate of drug-likeness (QED) is 0.840. The maximum absolute atomic E-state index is 12.1. The summed E-state index contributed by atoms with van der Waals surface area (Å²) in [5.41, 5.74) is 2.65. The lowest BCUT2D eigenvalue weighted by atomic mass is 10.2. The topological polar surface area (TPSA) is 67.2 Å². The fraction of sp³-hybridized carbons (Fsp3) is 0.333. The molecule has 0 aliphatic rings. The molecule has 0 aliphatic carbocycles. The van der Waals surface area contributed by atoms with Crippen molar-refractivity contribution >= 4 is 17.2 Å². The van der Waals surface area contributed by atoms with E-state index in [0.717, 1.165) is 16.1 Å². The molecule has 2 rings (SSSR count). The summed E-state index contributed by atoms with van der Waals surface area (Å²) in [6.45, 7) is 2.48. The van der Waals surface area contributed by atoms with Crippen LogP contribution in [0.4, 0.5) is 0 Å². The minimum absolute atomic E-state index is 0.0518. The molecule has 0 unspecified atom stereocenters. The third kappa shape index (κ3) is 3.94. The summed E-state index contributed by atoms with van der Waals surface area (Å²) in [7, 11) is 1.87. The third-order valence-corrected chi connectivity index (χ3v) is 3.93. The highest BCUT2D eigenvalue weighted by molar-refractivity contribution is 7.10. The van der Waals surface area contributed by atoms with E-state index in [4.69, 9.17) is 5.11 Å². The molecule has 5 nitrogen and oxygen atoms in total. The zero-order chi connectivity index (χ0) is 15.2. The van der Waals surface area contributed by atoms with Gasteiger partial charge in [-0.1, -0.05) is 11.8 Å². The van der Waals surface area contributed by atoms with Crippen LogP contribution in [0.3, 0.4) is 0 Å². The Labute approximate surface area is 127 Å². The second kappa shape index (κ2) is 7.07. The van der Waals surface area contributed by atoms with Gasteiger partial charge in [-0.3, -0.25) is 9.48 Å². The molecule has 0 fully saturated rings. The van der Waals surface area contributed by atoms with Gasteiger partial charge in [-0.05, 0) is 13.0 Å². The Bertz CT molecular complexity index is 691. The average molecular weight is 303 g/mol. The SMILES string of the molecule is Cc1c(CNC(=O)c2csc(C#CCCO)c2)cnn1C. The fourth-order valence-corrected chi connectivity index (χ4v) is 2.48. The van der Waals surface area contributed by atoms with Crippen LogP contribution in [0.1, 0.15) is 32.9 Å². The van der Waals surface area contributed by atoms with Gasteiger partial charge in [-0.25, -0.2) is 0 Å². The number of carbonyl (C=O) groups excluding carboxylic acids is 1. The number of aliphatic hydroxyl groups is 1. The number of aromatic nitrogens is 2. The Balaban J connectivity index is 1.95. The number of hydrogen-bond acceptors (Lipinski definition) is 4. The van der Waals surface area contributed by atoms with Crippen molar-refractivity contribution in [3.63, 3.8) is 0 Å². The predicted octanol–water partition coefficient (Wildman–Crippen LogP) is 1.45. The highest BCUT2D eigenvalue weighted by Gasteiger charge is 2.09. The first-order valence-electron chi connectivity index (χ1n) is 6.55. The molecular weight excluding hydrogens is 286 g/mol. The lowest BCUT2D eigenvalue weighted by Crippen LogP contribution is -2.22. The van der Waals surface area contributed by atoms with Crippen molar-refractivity contribution < 1.29 is 9.90 Å². The van der Waals surface area contributed by atoms with E-state index < -0.39 is 0 Å². The van der Waals surface area contributed by atoms with Gasteiger partial charge < -0.3 is 10.4 Å². The molecule has 2 aromatic rings. The van der Waals surface area contributed by atoms with E-state index in [-0.39, 0.29) is 12.5 Å². The third-order valence-electron chi connectivity index (χ3n) is 3.09. The Morgan fingerprint density at radius 1 is 1.57 bits per heavy atom. The molecule has 21 heavy (non-hydrogen) atoms. The van der Waals surface area contributed by atoms with Gasteiger partial charge in [-0.2, -0.15) is 5.10 Å². The summed E-state index contributed by atoms with van der Waals surface area (Å²) in [5.74, 6) is 5.64. The molecule has 0 atom stereocenters. The van der Waals surface area contributed by atoms with Crippen LogP contribution in [0.2, 0.25) is 0 Å². The maximum Gasteiger partial charge on any atom is 0.252 e. The molecule has 0 spiro atoms. The minimum Gasteiger partial charge on any atom is -0.395 e. The van der Waals surface area contributed by atoms with E-state index in [1.807, 2.05) is 14.0 Å². The normalized spacial score (nSPS) is 10.0. The first kappa shape index (κ1) is 15.3. The van der Waals surface area contributed by atoms with Gasteiger partial charge in [0.1, 0.15) is 0 Å². The molecule has 2 N–H and O–H groups in total. The number of amides is 1. The summed E-state index contributed by atoms with van der Waals surface area (Å²) in [5, 5.41) is 17.5. The van der Waals surface area contributed by atoms with Crippen molar-refractivity contribution in [3.05, 3.63) is 39.3 Å². The molecule has 0 aliphatic heterocycles. The first-order chi connectivity index (χ1) is 10.1. The molecule has 0 saturated heterocycles. The van der Waals surface area contributed by atoms with Crippen molar-refractivity contribution in [1.82, 2.24) is 15.1 Å². The monoisotopic (exact) mass is 303 g/mol. The molecule has 2 aromatic heterocycles. The minimum atomic E-state index is -0.121. The Morgan fingerprint density at radius 3 is 3.05 bits per heavy atom. The van der Waals surface area contributed by atoms with Crippen molar-refractivity contribution in [1.29, 1.82) is 0 Å². The van der Waals surface area contributed by atoms with Gasteiger partial charge >= 0.3 is 0 Å².